The van der Waals surface area contributed by atoms with Gasteiger partial charge in [0.1, 0.15) is 0 Å². The highest BCUT2D eigenvalue weighted by molar-refractivity contribution is 8.14. The summed E-state index contributed by atoms with van der Waals surface area (Å²) in [5.41, 5.74) is 0.390. The van der Waals surface area contributed by atoms with Gasteiger partial charge in [0.05, 0.1) is 0 Å². The molecule has 0 aromatic carbocycles. The zero-order chi connectivity index (χ0) is 14.7. The van der Waals surface area contributed by atoms with Gasteiger partial charge in [-0.3, -0.25) is 4.99 Å². The zero-order valence-electron chi connectivity index (χ0n) is 13.7. The molecule has 3 aliphatic rings. The third-order valence-corrected chi connectivity index (χ3v) is 6.94. The monoisotopic (exact) mass is 309 g/mol. The summed E-state index contributed by atoms with van der Waals surface area (Å²) in [6.45, 7) is 9.46. The molecular weight excluding hydrogens is 278 g/mol. The number of nitrogens with zero attached hydrogens (tertiary/aromatic N) is 2. The highest BCUT2D eigenvalue weighted by Crippen LogP contribution is 2.38. The van der Waals surface area contributed by atoms with Crippen molar-refractivity contribution in [3.8, 4) is 0 Å². The first kappa shape index (κ1) is 15.7. The van der Waals surface area contributed by atoms with Crippen molar-refractivity contribution in [3.63, 3.8) is 0 Å². The van der Waals surface area contributed by atoms with Crippen LogP contribution in [0.2, 0.25) is 0 Å². The fourth-order valence-electron chi connectivity index (χ4n) is 3.87. The standard InChI is InChI=1S/C17H31N3S/c1-3-20-10-6-15(7-11-20)12-18-16-19-17(13-21-16)8-4-14(2)5-9-17/h14-15H,3-13H2,1-2H3,(H,18,19). The van der Waals surface area contributed by atoms with E-state index in [1.54, 1.807) is 0 Å². The Balaban J connectivity index is 1.46. The van der Waals surface area contributed by atoms with Gasteiger partial charge in [0.15, 0.2) is 5.17 Å². The Morgan fingerprint density at radius 1 is 1.24 bits per heavy atom. The van der Waals surface area contributed by atoms with Gasteiger partial charge in [-0.05, 0) is 70.0 Å². The van der Waals surface area contributed by atoms with Crippen molar-refractivity contribution in [2.24, 2.45) is 16.8 Å². The van der Waals surface area contributed by atoms with Crippen LogP contribution in [-0.2, 0) is 0 Å². The lowest BCUT2D eigenvalue weighted by Gasteiger charge is -2.35. The molecule has 3 nitrogen and oxygen atoms in total. The van der Waals surface area contributed by atoms with E-state index in [1.807, 2.05) is 11.8 Å². The van der Waals surface area contributed by atoms with Crippen molar-refractivity contribution in [1.29, 1.82) is 0 Å². The zero-order valence-corrected chi connectivity index (χ0v) is 14.6. The van der Waals surface area contributed by atoms with Crippen LogP contribution in [-0.4, -0.2) is 47.5 Å². The van der Waals surface area contributed by atoms with Crippen LogP contribution < -0.4 is 5.32 Å². The second kappa shape index (κ2) is 6.91. The fourth-order valence-corrected chi connectivity index (χ4v) is 5.10. The van der Waals surface area contributed by atoms with E-state index in [2.05, 4.69) is 24.1 Å². The minimum absolute atomic E-state index is 0.390. The van der Waals surface area contributed by atoms with Crippen LogP contribution in [0.5, 0.6) is 0 Å². The molecular formula is C17H31N3S. The van der Waals surface area contributed by atoms with Crippen LogP contribution >= 0.6 is 11.8 Å². The highest BCUT2D eigenvalue weighted by Gasteiger charge is 2.39. The molecule has 0 unspecified atom stereocenters. The van der Waals surface area contributed by atoms with Gasteiger partial charge in [0.25, 0.3) is 0 Å². The Hall–Kier alpha value is -0.220. The molecule has 1 spiro atoms. The molecule has 0 aromatic rings. The maximum absolute atomic E-state index is 4.92. The summed E-state index contributed by atoms with van der Waals surface area (Å²) in [6.07, 6.45) is 8.12. The maximum Gasteiger partial charge on any atom is 0.157 e. The average Bonchev–Trinajstić information content (AvgIpc) is 2.92. The summed E-state index contributed by atoms with van der Waals surface area (Å²) >= 11 is 1.97. The summed E-state index contributed by atoms with van der Waals surface area (Å²) in [5.74, 6) is 2.98. The summed E-state index contributed by atoms with van der Waals surface area (Å²) in [6, 6.07) is 0. The van der Waals surface area contributed by atoms with Crippen LogP contribution in [0.1, 0.15) is 52.4 Å². The molecule has 2 aliphatic heterocycles. The molecule has 3 rings (SSSR count). The molecule has 2 heterocycles. The number of hydrogen-bond donors (Lipinski definition) is 1. The first-order valence-electron chi connectivity index (χ1n) is 8.87. The van der Waals surface area contributed by atoms with Crippen molar-refractivity contribution in [2.45, 2.75) is 57.9 Å². The predicted octanol–water partition coefficient (Wildman–Crippen LogP) is 3.36. The molecule has 0 atom stereocenters. The second-order valence-electron chi connectivity index (χ2n) is 7.40. The van der Waals surface area contributed by atoms with Gasteiger partial charge in [0, 0.05) is 17.8 Å². The first-order chi connectivity index (χ1) is 10.2. The van der Waals surface area contributed by atoms with Crippen molar-refractivity contribution in [3.05, 3.63) is 0 Å². The molecule has 0 radical (unpaired) electrons. The molecule has 4 heteroatoms. The minimum Gasteiger partial charge on any atom is -0.359 e. The highest BCUT2D eigenvalue weighted by atomic mass is 32.2. The van der Waals surface area contributed by atoms with Crippen molar-refractivity contribution in [2.75, 3.05) is 31.9 Å². The van der Waals surface area contributed by atoms with E-state index in [0.717, 1.165) is 18.4 Å². The van der Waals surface area contributed by atoms with Gasteiger partial charge >= 0.3 is 0 Å². The molecule has 2 saturated heterocycles. The van der Waals surface area contributed by atoms with Crippen LogP contribution in [0.15, 0.2) is 4.99 Å². The van der Waals surface area contributed by atoms with Crippen molar-refractivity contribution < 1.29 is 0 Å². The fraction of sp³-hybridized carbons (Fsp3) is 0.941. The molecule has 0 aromatic heterocycles. The molecule has 1 saturated carbocycles. The Morgan fingerprint density at radius 2 is 1.95 bits per heavy atom. The lowest BCUT2D eigenvalue weighted by atomic mass is 9.78. The van der Waals surface area contributed by atoms with E-state index in [9.17, 15) is 0 Å². The number of rotatable bonds is 3. The molecule has 0 bridgehead atoms. The summed E-state index contributed by atoms with van der Waals surface area (Å²) in [7, 11) is 0. The van der Waals surface area contributed by atoms with Gasteiger partial charge in [-0.25, -0.2) is 0 Å². The molecule has 120 valence electrons. The van der Waals surface area contributed by atoms with Crippen LogP contribution in [0.25, 0.3) is 0 Å². The number of nitrogens with one attached hydrogen (secondary N) is 1. The molecule has 21 heavy (non-hydrogen) atoms. The number of thioether (sulfide) groups is 1. The van der Waals surface area contributed by atoms with Gasteiger partial charge in [-0.15, -0.1) is 0 Å². The lowest BCUT2D eigenvalue weighted by Crippen LogP contribution is -2.46. The summed E-state index contributed by atoms with van der Waals surface area (Å²) < 4.78 is 0. The molecule has 3 fully saturated rings. The van der Waals surface area contributed by atoms with Gasteiger partial charge < -0.3 is 10.2 Å². The molecule has 1 N–H and O–H groups in total. The van der Waals surface area contributed by atoms with E-state index < -0.39 is 0 Å². The third-order valence-electron chi connectivity index (χ3n) is 5.74. The number of amidine groups is 1. The van der Waals surface area contributed by atoms with Crippen LogP contribution in [0, 0.1) is 11.8 Å². The molecule has 0 amide bonds. The van der Waals surface area contributed by atoms with Crippen molar-refractivity contribution in [1.82, 2.24) is 10.2 Å². The Bertz CT molecular complexity index is 366. The summed E-state index contributed by atoms with van der Waals surface area (Å²) in [5, 5.41) is 5.03. The Labute approximate surface area is 134 Å². The first-order valence-corrected chi connectivity index (χ1v) is 9.85. The Morgan fingerprint density at radius 3 is 2.62 bits per heavy atom. The van der Waals surface area contributed by atoms with Gasteiger partial charge in [0.2, 0.25) is 0 Å². The topological polar surface area (TPSA) is 27.6 Å². The maximum atomic E-state index is 4.92. The van der Waals surface area contributed by atoms with E-state index in [0.29, 0.717) is 5.54 Å². The predicted molar refractivity (Wildman–Crippen MR) is 93.1 cm³/mol. The largest absolute Gasteiger partial charge is 0.359 e. The molecule has 1 aliphatic carbocycles. The van der Waals surface area contributed by atoms with Crippen molar-refractivity contribution >= 4 is 16.9 Å². The second-order valence-corrected chi connectivity index (χ2v) is 8.36. The van der Waals surface area contributed by atoms with E-state index in [1.165, 1.54) is 69.1 Å². The number of piperidine rings is 1. The Kier molecular flexibility index (Phi) is 5.15. The number of hydrogen-bond acceptors (Lipinski definition) is 3. The third kappa shape index (κ3) is 3.95. The summed E-state index contributed by atoms with van der Waals surface area (Å²) in [4.78, 5) is 7.48. The average molecular weight is 310 g/mol. The normalized spacial score (nSPS) is 37.2. The lowest BCUT2D eigenvalue weighted by molar-refractivity contribution is 0.196. The minimum atomic E-state index is 0.390. The van der Waals surface area contributed by atoms with Crippen LogP contribution in [0.4, 0.5) is 0 Å². The smallest absolute Gasteiger partial charge is 0.157 e. The van der Waals surface area contributed by atoms with E-state index in [4.69, 9.17) is 4.99 Å². The van der Waals surface area contributed by atoms with Gasteiger partial charge in [-0.2, -0.15) is 0 Å². The number of likely N-dealkylation sites (tertiary alicyclic amines) is 1. The van der Waals surface area contributed by atoms with E-state index >= 15 is 0 Å². The number of aliphatic imine (C=N–C) groups is 1. The van der Waals surface area contributed by atoms with E-state index in [-0.39, 0.29) is 0 Å². The van der Waals surface area contributed by atoms with Crippen LogP contribution in [0.3, 0.4) is 0 Å². The SMILES string of the molecule is CCN1CCC(CN=C2NC3(CCC(C)CC3)CS2)CC1. The van der Waals surface area contributed by atoms with Gasteiger partial charge in [-0.1, -0.05) is 25.6 Å². The quantitative estimate of drug-likeness (QED) is 0.866.